The van der Waals surface area contributed by atoms with Gasteiger partial charge in [-0.05, 0) is 24.8 Å². The first kappa shape index (κ1) is 23.8. The monoisotopic (exact) mass is 490 g/mol. The van der Waals surface area contributed by atoms with Crippen molar-refractivity contribution in [3.8, 4) is 11.5 Å². The van der Waals surface area contributed by atoms with Crippen LogP contribution in [-0.2, 0) is 21.0 Å². The van der Waals surface area contributed by atoms with Crippen LogP contribution in [0.4, 0.5) is 5.95 Å². The number of piperidine rings is 1. The van der Waals surface area contributed by atoms with E-state index < -0.39 is 12.0 Å². The number of ether oxygens (including phenoxy) is 2. The van der Waals surface area contributed by atoms with Crippen molar-refractivity contribution in [1.82, 2.24) is 19.7 Å². The van der Waals surface area contributed by atoms with E-state index in [4.69, 9.17) is 25.9 Å². The Bertz CT molecular complexity index is 1100. The van der Waals surface area contributed by atoms with E-state index in [2.05, 4.69) is 27.5 Å². The normalized spacial score (nSPS) is 18.3. The first-order valence-corrected chi connectivity index (χ1v) is 11.4. The second-order valence-electron chi connectivity index (χ2n) is 8.34. The smallest absolute Gasteiger partial charge is 0.271 e. The van der Waals surface area contributed by atoms with Gasteiger partial charge in [-0.25, -0.2) is 9.67 Å². The predicted molar refractivity (Wildman–Crippen MR) is 124 cm³/mol. The minimum absolute atomic E-state index is 0.0149. The van der Waals surface area contributed by atoms with Gasteiger partial charge < -0.3 is 19.2 Å². The van der Waals surface area contributed by atoms with Gasteiger partial charge in [0.2, 0.25) is 18.0 Å². The Morgan fingerprint density at radius 3 is 2.65 bits per heavy atom. The molecule has 0 bridgehead atoms. The lowest BCUT2D eigenvalue weighted by Crippen LogP contribution is -2.39. The van der Waals surface area contributed by atoms with Gasteiger partial charge in [-0.15, -0.1) is 5.10 Å². The summed E-state index contributed by atoms with van der Waals surface area (Å²) in [6, 6.07) is 3.31. The van der Waals surface area contributed by atoms with Crippen molar-refractivity contribution in [2.75, 3.05) is 32.6 Å². The van der Waals surface area contributed by atoms with Crippen molar-refractivity contribution in [3.63, 3.8) is 0 Å². The highest BCUT2D eigenvalue weighted by Crippen LogP contribution is 2.34. The van der Waals surface area contributed by atoms with Gasteiger partial charge in [0, 0.05) is 31.1 Å². The number of amides is 2. The van der Waals surface area contributed by atoms with Gasteiger partial charge in [-0.2, -0.15) is 0 Å². The molecule has 1 N–H and O–H groups in total. The minimum Gasteiger partial charge on any atom is -0.496 e. The molecule has 1 saturated heterocycles. The second kappa shape index (κ2) is 10.3. The second-order valence-corrected chi connectivity index (χ2v) is 8.75. The molecule has 34 heavy (non-hydrogen) atoms. The molecule has 0 spiro atoms. The molecule has 182 valence electrons. The number of methoxy groups -OCH3 is 2. The fraction of sp³-hybridized carbons (Fsp3) is 0.500. The number of halogens is 1. The lowest BCUT2D eigenvalue weighted by atomic mass is 9.99. The molecule has 4 rings (SSSR count). The Kier molecular flexibility index (Phi) is 7.20. The Balaban J connectivity index is 1.33. The predicted octanol–water partition coefficient (Wildman–Crippen LogP) is 2.34. The van der Waals surface area contributed by atoms with Crippen LogP contribution in [0.3, 0.4) is 0 Å². The highest BCUT2D eigenvalue weighted by Gasteiger charge is 2.31. The number of oxime groups is 1. The van der Waals surface area contributed by atoms with E-state index in [-0.39, 0.29) is 24.8 Å². The lowest BCUT2D eigenvalue weighted by Gasteiger charge is -2.30. The third kappa shape index (κ3) is 5.24. The molecule has 1 atom stereocenters. The van der Waals surface area contributed by atoms with E-state index in [9.17, 15) is 9.59 Å². The number of nitrogens with one attached hydrogen (secondary N) is 1. The lowest BCUT2D eigenvalue weighted by molar-refractivity contribution is -0.133. The Hall–Kier alpha value is -3.34. The maximum atomic E-state index is 12.7. The number of benzene rings is 1. The SMILES string of the molecule is COc1cc(OC)c(C2=NOC(C(=O)Nc3ncn(CC(=O)N4CCC(C)CC4)n3)C2)cc1Cl. The number of hydrogen-bond donors (Lipinski definition) is 1. The van der Waals surface area contributed by atoms with Gasteiger partial charge in [0.05, 0.1) is 25.0 Å². The van der Waals surface area contributed by atoms with E-state index in [0.717, 1.165) is 25.9 Å². The number of rotatable bonds is 7. The molecule has 2 aliphatic rings. The molecule has 0 aliphatic carbocycles. The molecule has 1 unspecified atom stereocenters. The van der Waals surface area contributed by atoms with Gasteiger partial charge >= 0.3 is 0 Å². The number of nitrogens with zero attached hydrogens (tertiary/aromatic N) is 5. The van der Waals surface area contributed by atoms with Gasteiger partial charge in [0.1, 0.15) is 24.4 Å². The van der Waals surface area contributed by atoms with Crippen molar-refractivity contribution in [1.29, 1.82) is 0 Å². The van der Waals surface area contributed by atoms with Crippen LogP contribution < -0.4 is 14.8 Å². The van der Waals surface area contributed by atoms with E-state index in [0.29, 0.717) is 33.7 Å². The summed E-state index contributed by atoms with van der Waals surface area (Å²) in [6.07, 6.45) is 2.76. The molecule has 2 aromatic rings. The molecule has 1 aromatic heterocycles. The zero-order valence-corrected chi connectivity index (χ0v) is 20.0. The number of anilines is 1. The fourth-order valence-corrected chi connectivity index (χ4v) is 4.12. The summed E-state index contributed by atoms with van der Waals surface area (Å²) in [5, 5.41) is 11.2. The first-order chi connectivity index (χ1) is 16.4. The molecular weight excluding hydrogens is 464 g/mol. The summed E-state index contributed by atoms with van der Waals surface area (Å²) in [5.41, 5.74) is 1.12. The highest BCUT2D eigenvalue weighted by molar-refractivity contribution is 6.32. The highest BCUT2D eigenvalue weighted by atomic mass is 35.5. The van der Waals surface area contributed by atoms with E-state index in [1.165, 1.54) is 25.2 Å². The third-order valence-corrected chi connectivity index (χ3v) is 6.25. The summed E-state index contributed by atoms with van der Waals surface area (Å²) in [6.45, 7) is 3.77. The molecule has 12 heteroatoms. The van der Waals surface area contributed by atoms with Crippen LogP contribution in [0.5, 0.6) is 11.5 Å². The Labute approximate surface area is 202 Å². The summed E-state index contributed by atoms with van der Waals surface area (Å²) in [4.78, 5) is 36.4. The summed E-state index contributed by atoms with van der Waals surface area (Å²) in [5.74, 6) is 1.23. The van der Waals surface area contributed by atoms with Crippen molar-refractivity contribution >= 4 is 35.1 Å². The molecule has 2 amide bonds. The molecule has 11 nitrogen and oxygen atoms in total. The number of hydrogen-bond acceptors (Lipinski definition) is 8. The number of carbonyl (C=O) groups is 2. The quantitative estimate of drug-likeness (QED) is 0.632. The van der Waals surface area contributed by atoms with Crippen molar-refractivity contribution in [2.45, 2.75) is 38.8 Å². The third-order valence-electron chi connectivity index (χ3n) is 5.95. The van der Waals surface area contributed by atoms with Gasteiger partial charge in [0.25, 0.3) is 5.91 Å². The molecule has 0 radical (unpaired) electrons. The van der Waals surface area contributed by atoms with Crippen LogP contribution in [0, 0.1) is 5.92 Å². The van der Waals surface area contributed by atoms with E-state index in [1.807, 2.05) is 4.90 Å². The number of likely N-dealkylation sites (tertiary alicyclic amines) is 1. The zero-order valence-electron chi connectivity index (χ0n) is 19.3. The van der Waals surface area contributed by atoms with Crippen LogP contribution >= 0.6 is 11.6 Å². The molecule has 1 fully saturated rings. The summed E-state index contributed by atoms with van der Waals surface area (Å²) < 4.78 is 12.0. The molecule has 3 heterocycles. The first-order valence-electron chi connectivity index (χ1n) is 11.0. The van der Waals surface area contributed by atoms with Crippen molar-refractivity contribution in [3.05, 3.63) is 29.0 Å². The Morgan fingerprint density at radius 2 is 1.94 bits per heavy atom. The fourth-order valence-electron chi connectivity index (χ4n) is 3.88. The standard InChI is InChI=1S/C22H27ClN6O5/c1-13-4-6-28(7-5-13)20(30)11-29-12-24-22(26-29)25-21(31)19-9-16(27-34-19)14-8-15(23)18(33-3)10-17(14)32-2/h8,10,12-13,19H,4-7,9,11H2,1-3H3,(H,25,26,31). The number of carbonyl (C=O) groups excluding carboxylic acids is 2. The van der Waals surface area contributed by atoms with Gasteiger partial charge in [-0.3, -0.25) is 14.9 Å². The van der Waals surface area contributed by atoms with Crippen molar-refractivity contribution in [2.24, 2.45) is 11.1 Å². The van der Waals surface area contributed by atoms with Crippen molar-refractivity contribution < 1.29 is 23.9 Å². The molecule has 1 aromatic carbocycles. The van der Waals surface area contributed by atoms with Crippen LogP contribution in [0.25, 0.3) is 0 Å². The van der Waals surface area contributed by atoms with Crippen LogP contribution in [-0.4, -0.2) is 70.6 Å². The zero-order chi connectivity index (χ0) is 24.2. The summed E-state index contributed by atoms with van der Waals surface area (Å²) in [7, 11) is 3.03. The minimum atomic E-state index is -0.871. The maximum Gasteiger partial charge on any atom is 0.271 e. The maximum absolute atomic E-state index is 12.7. The number of aromatic nitrogens is 3. The molecule has 0 saturated carbocycles. The van der Waals surface area contributed by atoms with Gasteiger partial charge in [-0.1, -0.05) is 23.7 Å². The molecular formula is C22H27ClN6O5. The largest absolute Gasteiger partial charge is 0.496 e. The molecule has 2 aliphatic heterocycles. The van der Waals surface area contributed by atoms with Gasteiger partial charge in [0.15, 0.2) is 0 Å². The van der Waals surface area contributed by atoms with Crippen LogP contribution in [0.15, 0.2) is 23.6 Å². The summed E-state index contributed by atoms with van der Waals surface area (Å²) >= 11 is 6.24. The van der Waals surface area contributed by atoms with E-state index in [1.54, 1.807) is 12.1 Å². The Morgan fingerprint density at radius 1 is 1.21 bits per heavy atom. The average molecular weight is 491 g/mol. The van der Waals surface area contributed by atoms with E-state index >= 15 is 0 Å². The topological polar surface area (TPSA) is 120 Å². The van der Waals surface area contributed by atoms with Crippen LogP contribution in [0.2, 0.25) is 5.02 Å². The van der Waals surface area contributed by atoms with Crippen LogP contribution in [0.1, 0.15) is 31.7 Å². The average Bonchev–Trinajstić information content (AvgIpc) is 3.49.